The summed E-state index contributed by atoms with van der Waals surface area (Å²) in [5, 5.41) is 0. The third-order valence-electron chi connectivity index (χ3n) is 2.64. The van der Waals surface area contributed by atoms with Gasteiger partial charge >= 0.3 is 0 Å². The first-order chi connectivity index (χ1) is 5.56. The van der Waals surface area contributed by atoms with Gasteiger partial charge in [-0.25, -0.2) is 0 Å². The minimum Gasteiger partial charge on any atom is -0.288 e. The molecule has 0 heterocycles. The van der Waals surface area contributed by atoms with Crippen molar-refractivity contribution in [1.29, 1.82) is 0 Å². The zero-order valence-corrected chi connectivity index (χ0v) is 8.17. The zero-order valence-electron chi connectivity index (χ0n) is 8.17. The summed E-state index contributed by atoms with van der Waals surface area (Å²) in [7, 11) is 0. The lowest BCUT2D eigenvalue weighted by Gasteiger charge is -2.34. The number of aliphatic imine (C=N–C) groups is 1. The smallest absolute Gasteiger partial charge is 0.0523 e. The van der Waals surface area contributed by atoms with E-state index in [0.717, 1.165) is 11.8 Å². The van der Waals surface area contributed by atoms with E-state index in [1.807, 2.05) is 0 Å². The minimum atomic E-state index is 0.128. The summed E-state index contributed by atoms with van der Waals surface area (Å²) in [4.78, 5) is 4.73. The maximum Gasteiger partial charge on any atom is 0.0523 e. The van der Waals surface area contributed by atoms with E-state index in [1.54, 1.807) is 0 Å². The number of rotatable bonds is 0. The second kappa shape index (κ2) is 2.45. The summed E-state index contributed by atoms with van der Waals surface area (Å²) in [5.74, 6) is 1.62. The van der Waals surface area contributed by atoms with Gasteiger partial charge in [0.2, 0.25) is 0 Å². The van der Waals surface area contributed by atoms with Crippen LogP contribution < -0.4 is 0 Å². The molecule has 0 aromatic carbocycles. The van der Waals surface area contributed by atoms with Crippen LogP contribution in [0, 0.1) is 11.8 Å². The van der Waals surface area contributed by atoms with E-state index in [4.69, 9.17) is 4.99 Å². The molecule has 2 rings (SSSR count). The topological polar surface area (TPSA) is 12.4 Å². The molecule has 0 amide bonds. The van der Waals surface area contributed by atoms with Crippen LogP contribution in [0.5, 0.6) is 0 Å². The van der Waals surface area contributed by atoms with Crippen molar-refractivity contribution in [2.24, 2.45) is 16.8 Å². The van der Waals surface area contributed by atoms with Gasteiger partial charge in [0.15, 0.2) is 0 Å². The van der Waals surface area contributed by atoms with Crippen molar-refractivity contribution in [3.8, 4) is 0 Å². The summed E-state index contributed by atoms with van der Waals surface area (Å²) in [6, 6.07) is 0. The molecule has 0 aliphatic heterocycles. The van der Waals surface area contributed by atoms with Crippen molar-refractivity contribution < 1.29 is 0 Å². The molecule has 2 atom stereocenters. The van der Waals surface area contributed by atoms with Crippen molar-refractivity contribution in [2.45, 2.75) is 39.2 Å². The van der Waals surface area contributed by atoms with E-state index >= 15 is 0 Å². The van der Waals surface area contributed by atoms with E-state index in [1.165, 1.54) is 18.6 Å². The summed E-state index contributed by atoms with van der Waals surface area (Å²) >= 11 is 0. The van der Waals surface area contributed by atoms with E-state index in [0.29, 0.717) is 0 Å². The molecular formula is C11H17N. The van der Waals surface area contributed by atoms with Crippen molar-refractivity contribution in [2.75, 3.05) is 0 Å². The standard InChI is InChI=1S/C11H17N/c1-11(2,3)12-10-7-8-5-4-6-9(8)10/h4-5,8-9H,6-7H2,1-3H3/t8-,9-/m1/s1. The average Bonchev–Trinajstić information content (AvgIpc) is 2.24. The van der Waals surface area contributed by atoms with Gasteiger partial charge in [-0.15, -0.1) is 0 Å². The maximum absolute atomic E-state index is 4.73. The zero-order chi connectivity index (χ0) is 8.77. The highest BCUT2D eigenvalue weighted by Crippen LogP contribution is 2.41. The molecule has 0 bridgehead atoms. The molecule has 0 saturated heterocycles. The van der Waals surface area contributed by atoms with Crippen molar-refractivity contribution in [3.05, 3.63) is 12.2 Å². The van der Waals surface area contributed by atoms with Crippen LogP contribution in [0.15, 0.2) is 17.1 Å². The lowest BCUT2D eigenvalue weighted by atomic mass is 9.73. The van der Waals surface area contributed by atoms with Crippen molar-refractivity contribution >= 4 is 5.71 Å². The number of allylic oxidation sites excluding steroid dienone is 2. The number of hydrogen-bond acceptors (Lipinski definition) is 1. The van der Waals surface area contributed by atoms with Crippen molar-refractivity contribution in [1.82, 2.24) is 0 Å². The van der Waals surface area contributed by atoms with Gasteiger partial charge in [0, 0.05) is 11.6 Å². The Hall–Kier alpha value is -0.590. The Labute approximate surface area is 74.6 Å². The van der Waals surface area contributed by atoms with E-state index in [9.17, 15) is 0 Å². The summed E-state index contributed by atoms with van der Waals surface area (Å²) in [6.45, 7) is 6.53. The van der Waals surface area contributed by atoms with Crippen LogP contribution in [-0.4, -0.2) is 11.3 Å². The molecule has 0 aromatic rings. The molecule has 0 aromatic heterocycles. The highest BCUT2D eigenvalue weighted by molar-refractivity contribution is 5.94. The van der Waals surface area contributed by atoms with Gasteiger partial charge in [0.05, 0.1) is 5.54 Å². The van der Waals surface area contributed by atoms with Crippen LogP contribution in [-0.2, 0) is 0 Å². The maximum atomic E-state index is 4.73. The molecule has 12 heavy (non-hydrogen) atoms. The van der Waals surface area contributed by atoms with Gasteiger partial charge in [-0.3, -0.25) is 4.99 Å². The highest BCUT2D eigenvalue weighted by Gasteiger charge is 2.38. The molecule has 1 heteroatoms. The fourth-order valence-corrected chi connectivity index (χ4v) is 2.09. The number of nitrogens with zero attached hydrogens (tertiary/aromatic N) is 1. The Balaban J connectivity index is 2.06. The van der Waals surface area contributed by atoms with Crippen LogP contribution in [0.3, 0.4) is 0 Å². The largest absolute Gasteiger partial charge is 0.288 e. The van der Waals surface area contributed by atoms with Crippen LogP contribution in [0.2, 0.25) is 0 Å². The van der Waals surface area contributed by atoms with E-state index in [2.05, 4.69) is 32.9 Å². The predicted octanol–water partition coefficient (Wildman–Crippen LogP) is 2.82. The molecule has 1 saturated carbocycles. The lowest BCUT2D eigenvalue weighted by Crippen LogP contribution is -2.35. The lowest BCUT2D eigenvalue weighted by molar-refractivity contribution is 0.448. The summed E-state index contributed by atoms with van der Waals surface area (Å²) in [6.07, 6.45) is 7.12. The fraction of sp³-hybridized carbons (Fsp3) is 0.727. The molecule has 1 nitrogen and oxygen atoms in total. The van der Waals surface area contributed by atoms with Gasteiger partial charge < -0.3 is 0 Å². The van der Waals surface area contributed by atoms with Crippen LogP contribution in [0.4, 0.5) is 0 Å². The van der Waals surface area contributed by atoms with Gasteiger partial charge in [0.25, 0.3) is 0 Å². The second-order valence-corrected chi connectivity index (χ2v) is 4.91. The number of fused-ring (bicyclic) bond motifs is 1. The molecule has 0 radical (unpaired) electrons. The SMILES string of the molecule is CC(C)(C)N=C1C[C@H]2C=CC[C@@H]12. The first-order valence-electron chi connectivity index (χ1n) is 4.81. The van der Waals surface area contributed by atoms with Crippen LogP contribution in [0.1, 0.15) is 33.6 Å². The van der Waals surface area contributed by atoms with Gasteiger partial charge in [0.1, 0.15) is 0 Å². The Morgan fingerprint density at radius 1 is 1.42 bits per heavy atom. The summed E-state index contributed by atoms with van der Waals surface area (Å²) < 4.78 is 0. The monoisotopic (exact) mass is 163 g/mol. The third-order valence-corrected chi connectivity index (χ3v) is 2.64. The highest BCUT2D eigenvalue weighted by atomic mass is 14.9. The summed E-state index contributed by atoms with van der Waals surface area (Å²) in [5.41, 5.74) is 1.58. The minimum absolute atomic E-state index is 0.128. The normalized spacial score (nSPS) is 36.8. The van der Waals surface area contributed by atoms with Gasteiger partial charge in [-0.1, -0.05) is 12.2 Å². The molecule has 2 aliphatic rings. The Bertz CT molecular complexity index is 242. The first-order valence-corrected chi connectivity index (χ1v) is 4.81. The van der Waals surface area contributed by atoms with E-state index in [-0.39, 0.29) is 5.54 Å². The predicted molar refractivity (Wildman–Crippen MR) is 52.5 cm³/mol. The molecule has 66 valence electrons. The molecule has 0 spiro atoms. The molecule has 2 aliphatic carbocycles. The van der Waals surface area contributed by atoms with Crippen molar-refractivity contribution in [3.63, 3.8) is 0 Å². The fourth-order valence-electron chi connectivity index (χ4n) is 2.09. The van der Waals surface area contributed by atoms with Crippen LogP contribution in [0.25, 0.3) is 0 Å². The average molecular weight is 163 g/mol. The van der Waals surface area contributed by atoms with Gasteiger partial charge in [-0.2, -0.15) is 0 Å². The van der Waals surface area contributed by atoms with Crippen LogP contribution >= 0.6 is 0 Å². The Morgan fingerprint density at radius 2 is 2.17 bits per heavy atom. The number of hydrogen-bond donors (Lipinski definition) is 0. The second-order valence-electron chi connectivity index (χ2n) is 4.91. The molecule has 1 fully saturated rings. The Morgan fingerprint density at radius 3 is 2.75 bits per heavy atom. The third kappa shape index (κ3) is 1.33. The van der Waals surface area contributed by atoms with E-state index < -0.39 is 0 Å². The molecule has 0 unspecified atom stereocenters. The Kier molecular flexibility index (Phi) is 1.64. The molecular weight excluding hydrogens is 146 g/mol. The quantitative estimate of drug-likeness (QED) is 0.487. The molecule has 0 N–H and O–H groups in total. The van der Waals surface area contributed by atoms with Gasteiger partial charge in [-0.05, 0) is 39.5 Å². The first kappa shape index (κ1) is 8.03.